The molecule has 0 unspecified atom stereocenters. The summed E-state index contributed by atoms with van der Waals surface area (Å²) in [6, 6.07) is 29.7. The molecule has 0 aliphatic heterocycles. The molecule has 26 heavy (non-hydrogen) atoms. The number of rotatable bonds is 7. The van der Waals surface area contributed by atoms with E-state index in [-0.39, 0.29) is 0 Å². The zero-order valence-electron chi connectivity index (χ0n) is 16.3. The van der Waals surface area contributed by atoms with Crippen LogP contribution in [0.25, 0.3) is 11.1 Å². The van der Waals surface area contributed by atoms with Crippen molar-refractivity contribution in [1.29, 1.82) is 0 Å². The van der Waals surface area contributed by atoms with E-state index in [1.54, 1.807) is 11.1 Å². The fourth-order valence-corrected chi connectivity index (χ4v) is 3.04. The van der Waals surface area contributed by atoms with Crippen LogP contribution in [0.5, 0.6) is 0 Å². The molecule has 0 heterocycles. The molecule has 0 bridgehead atoms. The molecule has 0 aromatic heterocycles. The Labute approximate surface area is 159 Å². The standard InChI is InChI=1S/C14H22.C12H10/c1-3-5-9-13-11-7-8-12-14(13)10-6-4-2;1-3-7-11(8-4-1)12-9-5-2-6-10-12/h7-8,11-12H,3-6,9-10H2,1-2H3;1-10H. The Balaban J connectivity index is 0.000000189. The first-order chi connectivity index (χ1) is 12.8. The number of aryl methyl sites for hydroxylation is 2. The first-order valence-electron chi connectivity index (χ1n) is 10.0. The Morgan fingerprint density at radius 1 is 0.462 bits per heavy atom. The molecule has 0 saturated heterocycles. The van der Waals surface area contributed by atoms with E-state index in [0.29, 0.717) is 0 Å². The van der Waals surface area contributed by atoms with Crippen molar-refractivity contribution in [3.8, 4) is 11.1 Å². The van der Waals surface area contributed by atoms with Gasteiger partial charge in [0.15, 0.2) is 0 Å². The third-order valence-corrected chi connectivity index (χ3v) is 4.60. The summed E-state index contributed by atoms with van der Waals surface area (Å²) in [5.41, 5.74) is 5.70. The van der Waals surface area contributed by atoms with Crippen LogP contribution in [0.4, 0.5) is 0 Å². The highest BCUT2D eigenvalue weighted by molar-refractivity contribution is 5.62. The number of hydrogen-bond acceptors (Lipinski definition) is 0. The normalized spacial score (nSPS) is 10.1. The summed E-state index contributed by atoms with van der Waals surface area (Å²) in [7, 11) is 0. The fourth-order valence-electron chi connectivity index (χ4n) is 3.04. The van der Waals surface area contributed by atoms with E-state index in [2.05, 4.69) is 86.6 Å². The average Bonchev–Trinajstić information content (AvgIpc) is 2.73. The Morgan fingerprint density at radius 2 is 0.808 bits per heavy atom. The monoisotopic (exact) mass is 344 g/mol. The molecule has 0 amide bonds. The van der Waals surface area contributed by atoms with Crippen LogP contribution in [0.3, 0.4) is 0 Å². The van der Waals surface area contributed by atoms with Gasteiger partial charge in [-0.1, -0.05) is 112 Å². The quantitative estimate of drug-likeness (QED) is 0.411. The van der Waals surface area contributed by atoms with Gasteiger partial charge >= 0.3 is 0 Å². The van der Waals surface area contributed by atoms with Crippen LogP contribution in [0, 0.1) is 0 Å². The predicted molar refractivity (Wildman–Crippen MR) is 116 cm³/mol. The molecule has 3 rings (SSSR count). The van der Waals surface area contributed by atoms with Crippen molar-refractivity contribution in [2.24, 2.45) is 0 Å². The Hall–Kier alpha value is -2.34. The van der Waals surface area contributed by atoms with Gasteiger partial charge in [-0.15, -0.1) is 0 Å². The summed E-state index contributed by atoms with van der Waals surface area (Å²) in [5, 5.41) is 0. The predicted octanol–water partition coefficient (Wildman–Crippen LogP) is 7.73. The summed E-state index contributed by atoms with van der Waals surface area (Å²) in [6.07, 6.45) is 7.75. The van der Waals surface area contributed by atoms with Crippen molar-refractivity contribution in [3.05, 3.63) is 96.1 Å². The van der Waals surface area contributed by atoms with Gasteiger partial charge in [0.2, 0.25) is 0 Å². The van der Waals surface area contributed by atoms with Gasteiger partial charge in [-0.25, -0.2) is 0 Å². The van der Waals surface area contributed by atoms with Crippen LogP contribution in [0.1, 0.15) is 50.7 Å². The molecule has 0 heteroatoms. The maximum absolute atomic E-state index is 2.29. The Morgan fingerprint density at radius 3 is 1.15 bits per heavy atom. The highest BCUT2D eigenvalue weighted by Gasteiger charge is 2.00. The second kappa shape index (κ2) is 12.1. The van der Waals surface area contributed by atoms with Crippen LogP contribution in [-0.2, 0) is 12.8 Å². The second-order valence-corrected chi connectivity index (χ2v) is 6.71. The lowest BCUT2D eigenvalue weighted by Crippen LogP contribution is -1.94. The molecule has 136 valence electrons. The maximum atomic E-state index is 2.29. The van der Waals surface area contributed by atoms with E-state index in [0.717, 1.165) is 0 Å². The number of benzene rings is 3. The van der Waals surface area contributed by atoms with E-state index in [1.807, 2.05) is 12.1 Å². The van der Waals surface area contributed by atoms with Gasteiger partial charge in [0.25, 0.3) is 0 Å². The first-order valence-corrected chi connectivity index (χ1v) is 10.0. The number of unbranched alkanes of at least 4 members (excludes halogenated alkanes) is 2. The van der Waals surface area contributed by atoms with Gasteiger partial charge in [-0.2, -0.15) is 0 Å². The van der Waals surface area contributed by atoms with Crippen molar-refractivity contribution in [2.75, 3.05) is 0 Å². The van der Waals surface area contributed by atoms with Crippen molar-refractivity contribution in [1.82, 2.24) is 0 Å². The topological polar surface area (TPSA) is 0 Å². The lowest BCUT2D eigenvalue weighted by atomic mass is 9.98. The van der Waals surface area contributed by atoms with Crippen LogP contribution < -0.4 is 0 Å². The Kier molecular flexibility index (Phi) is 9.29. The summed E-state index contributed by atoms with van der Waals surface area (Å²) < 4.78 is 0. The highest BCUT2D eigenvalue weighted by Crippen LogP contribution is 2.17. The lowest BCUT2D eigenvalue weighted by Gasteiger charge is -2.07. The van der Waals surface area contributed by atoms with Crippen molar-refractivity contribution in [3.63, 3.8) is 0 Å². The SMILES string of the molecule is CCCCc1ccccc1CCCC.c1ccc(-c2ccccc2)cc1. The van der Waals surface area contributed by atoms with E-state index in [1.165, 1.54) is 49.7 Å². The highest BCUT2D eigenvalue weighted by atomic mass is 14.1. The Bertz CT molecular complexity index is 649. The molecule has 0 N–H and O–H groups in total. The fraction of sp³-hybridized carbons (Fsp3) is 0.308. The zero-order valence-corrected chi connectivity index (χ0v) is 16.3. The van der Waals surface area contributed by atoms with Crippen LogP contribution in [-0.4, -0.2) is 0 Å². The molecule has 0 spiro atoms. The lowest BCUT2D eigenvalue weighted by molar-refractivity contribution is 0.758. The molecule has 0 atom stereocenters. The molecule has 0 radical (unpaired) electrons. The second-order valence-electron chi connectivity index (χ2n) is 6.71. The van der Waals surface area contributed by atoms with Gasteiger partial charge in [-0.3, -0.25) is 0 Å². The van der Waals surface area contributed by atoms with Gasteiger partial charge in [0, 0.05) is 0 Å². The van der Waals surface area contributed by atoms with E-state index in [4.69, 9.17) is 0 Å². The minimum atomic E-state index is 1.26. The molecule has 3 aromatic carbocycles. The molecule has 3 aromatic rings. The third-order valence-electron chi connectivity index (χ3n) is 4.60. The summed E-state index contributed by atoms with van der Waals surface area (Å²) in [4.78, 5) is 0. The first kappa shape index (κ1) is 20.0. The summed E-state index contributed by atoms with van der Waals surface area (Å²) in [5.74, 6) is 0. The minimum absolute atomic E-state index is 1.26. The summed E-state index contributed by atoms with van der Waals surface area (Å²) in [6.45, 7) is 4.52. The molecule has 0 aliphatic rings. The van der Waals surface area contributed by atoms with Crippen LogP contribution in [0.15, 0.2) is 84.9 Å². The van der Waals surface area contributed by atoms with E-state index < -0.39 is 0 Å². The van der Waals surface area contributed by atoms with Crippen LogP contribution in [0.2, 0.25) is 0 Å². The molecule has 0 aliphatic carbocycles. The molecular weight excluding hydrogens is 312 g/mol. The average molecular weight is 345 g/mol. The third kappa shape index (κ3) is 6.88. The summed E-state index contributed by atoms with van der Waals surface area (Å²) >= 11 is 0. The minimum Gasteiger partial charge on any atom is -0.0654 e. The van der Waals surface area contributed by atoms with Gasteiger partial charge < -0.3 is 0 Å². The van der Waals surface area contributed by atoms with E-state index >= 15 is 0 Å². The van der Waals surface area contributed by atoms with Crippen molar-refractivity contribution in [2.45, 2.75) is 52.4 Å². The zero-order chi connectivity index (χ0) is 18.5. The van der Waals surface area contributed by atoms with Gasteiger partial charge in [-0.05, 0) is 47.9 Å². The van der Waals surface area contributed by atoms with E-state index in [9.17, 15) is 0 Å². The smallest absolute Gasteiger partial charge is 0.0184 e. The van der Waals surface area contributed by atoms with Gasteiger partial charge in [0.05, 0.1) is 0 Å². The number of hydrogen-bond donors (Lipinski definition) is 0. The van der Waals surface area contributed by atoms with Crippen molar-refractivity contribution >= 4 is 0 Å². The maximum Gasteiger partial charge on any atom is -0.0184 e. The molecule has 0 nitrogen and oxygen atoms in total. The molecule has 0 saturated carbocycles. The van der Waals surface area contributed by atoms with Crippen molar-refractivity contribution < 1.29 is 0 Å². The van der Waals surface area contributed by atoms with Gasteiger partial charge in [0.1, 0.15) is 0 Å². The largest absolute Gasteiger partial charge is 0.0654 e. The van der Waals surface area contributed by atoms with Crippen LogP contribution >= 0.6 is 0 Å². The molecule has 0 fully saturated rings. The molecular formula is C26H32.